The van der Waals surface area contributed by atoms with Gasteiger partial charge in [-0.2, -0.15) is 0 Å². The topological polar surface area (TPSA) is 61.4 Å². The third kappa shape index (κ3) is 5.30. The van der Waals surface area contributed by atoms with Gasteiger partial charge in [0.2, 0.25) is 11.8 Å². The van der Waals surface area contributed by atoms with Crippen LogP contribution in [0.25, 0.3) is 0 Å². The highest BCUT2D eigenvalue weighted by molar-refractivity contribution is 5.93. The predicted molar refractivity (Wildman–Crippen MR) is 99.2 cm³/mol. The summed E-state index contributed by atoms with van der Waals surface area (Å²) in [6, 6.07) is 9.53. The highest BCUT2D eigenvalue weighted by Crippen LogP contribution is 2.22. The number of carbonyl (C=O) groups excluding carboxylic acids is 2. The van der Waals surface area contributed by atoms with Crippen molar-refractivity contribution in [3.63, 3.8) is 0 Å². The first-order valence-corrected chi connectivity index (χ1v) is 9.57. The van der Waals surface area contributed by atoms with Crippen molar-refractivity contribution in [3.05, 3.63) is 30.3 Å². The van der Waals surface area contributed by atoms with Gasteiger partial charge in [0.15, 0.2) is 0 Å². The van der Waals surface area contributed by atoms with Crippen LogP contribution in [0.2, 0.25) is 0 Å². The molecule has 2 N–H and O–H groups in total. The van der Waals surface area contributed by atoms with Crippen molar-refractivity contribution in [3.8, 4) is 0 Å². The number of benzene rings is 1. The summed E-state index contributed by atoms with van der Waals surface area (Å²) >= 11 is 0. The van der Waals surface area contributed by atoms with Gasteiger partial charge < -0.3 is 15.5 Å². The predicted octanol–water partition coefficient (Wildman–Crippen LogP) is 2.64. The lowest BCUT2D eigenvalue weighted by molar-refractivity contribution is -0.134. The van der Waals surface area contributed by atoms with E-state index in [1.54, 1.807) is 0 Å². The molecule has 2 saturated heterocycles. The Hall–Kier alpha value is -1.88. The number of piperidine rings is 2. The van der Waals surface area contributed by atoms with Gasteiger partial charge in [-0.25, -0.2) is 0 Å². The lowest BCUT2D eigenvalue weighted by atomic mass is 9.92. The number of para-hydroxylation sites is 1. The first kappa shape index (κ1) is 17.9. The maximum Gasteiger partial charge on any atom is 0.229 e. The molecular weight excluding hydrogens is 314 g/mol. The van der Waals surface area contributed by atoms with Crippen LogP contribution in [0.1, 0.15) is 38.5 Å². The van der Waals surface area contributed by atoms with Crippen molar-refractivity contribution in [2.24, 2.45) is 11.8 Å². The largest absolute Gasteiger partial charge is 0.342 e. The van der Waals surface area contributed by atoms with Gasteiger partial charge in [0.25, 0.3) is 0 Å². The number of nitrogens with zero attached hydrogens (tertiary/aromatic N) is 1. The van der Waals surface area contributed by atoms with E-state index in [0.29, 0.717) is 18.9 Å². The summed E-state index contributed by atoms with van der Waals surface area (Å²) < 4.78 is 0. The maximum atomic E-state index is 12.5. The fraction of sp³-hybridized carbons (Fsp3) is 0.600. The van der Waals surface area contributed by atoms with E-state index in [2.05, 4.69) is 10.6 Å². The second-order valence-corrected chi connectivity index (χ2v) is 7.27. The lowest BCUT2D eigenvalue weighted by Gasteiger charge is -2.32. The van der Waals surface area contributed by atoms with E-state index in [1.807, 2.05) is 35.2 Å². The Morgan fingerprint density at radius 1 is 1.12 bits per heavy atom. The molecule has 0 radical (unpaired) electrons. The molecule has 1 unspecified atom stereocenters. The van der Waals surface area contributed by atoms with Crippen molar-refractivity contribution in [1.82, 2.24) is 10.2 Å². The molecule has 2 aliphatic heterocycles. The van der Waals surface area contributed by atoms with Crippen LogP contribution in [0, 0.1) is 11.8 Å². The normalized spacial score (nSPS) is 21.8. The molecule has 2 heterocycles. The molecule has 0 spiro atoms. The van der Waals surface area contributed by atoms with Gasteiger partial charge in [-0.15, -0.1) is 0 Å². The van der Waals surface area contributed by atoms with Gasteiger partial charge in [-0.3, -0.25) is 9.59 Å². The Balaban J connectivity index is 1.46. The number of rotatable bonds is 5. The van der Waals surface area contributed by atoms with Crippen molar-refractivity contribution in [1.29, 1.82) is 0 Å². The molecule has 1 aromatic rings. The van der Waals surface area contributed by atoms with E-state index in [-0.39, 0.29) is 17.7 Å². The molecule has 5 nitrogen and oxygen atoms in total. The molecule has 25 heavy (non-hydrogen) atoms. The Morgan fingerprint density at radius 3 is 2.64 bits per heavy atom. The molecule has 136 valence electrons. The quantitative estimate of drug-likeness (QED) is 0.864. The van der Waals surface area contributed by atoms with Crippen molar-refractivity contribution in [2.45, 2.75) is 38.5 Å². The Kier molecular flexibility index (Phi) is 6.45. The average Bonchev–Trinajstić information content (AvgIpc) is 2.68. The van der Waals surface area contributed by atoms with E-state index >= 15 is 0 Å². The molecular formula is C20H29N3O2. The van der Waals surface area contributed by atoms with E-state index in [9.17, 15) is 9.59 Å². The van der Waals surface area contributed by atoms with Crippen LogP contribution in [0.3, 0.4) is 0 Å². The first-order chi connectivity index (χ1) is 12.2. The highest BCUT2D eigenvalue weighted by Gasteiger charge is 2.28. The number of amides is 2. The molecule has 0 bridgehead atoms. The maximum absolute atomic E-state index is 12.5. The van der Waals surface area contributed by atoms with E-state index in [4.69, 9.17) is 0 Å². The third-order valence-corrected chi connectivity index (χ3v) is 5.41. The van der Waals surface area contributed by atoms with Gasteiger partial charge in [0.05, 0.1) is 5.92 Å². The highest BCUT2D eigenvalue weighted by atomic mass is 16.2. The van der Waals surface area contributed by atoms with Gasteiger partial charge in [-0.05, 0) is 63.2 Å². The van der Waals surface area contributed by atoms with Crippen molar-refractivity contribution < 1.29 is 9.59 Å². The number of anilines is 1. The number of carbonyl (C=O) groups is 2. The average molecular weight is 343 g/mol. The molecule has 2 fully saturated rings. The number of likely N-dealkylation sites (tertiary alicyclic amines) is 1. The van der Waals surface area contributed by atoms with Crippen LogP contribution >= 0.6 is 0 Å². The lowest BCUT2D eigenvalue weighted by Crippen LogP contribution is -2.43. The fourth-order valence-electron chi connectivity index (χ4n) is 3.84. The van der Waals surface area contributed by atoms with E-state index in [0.717, 1.165) is 44.6 Å². The van der Waals surface area contributed by atoms with Gasteiger partial charge >= 0.3 is 0 Å². The zero-order chi connectivity index (χ0) is 17.5. The SMILES string of the molecule is O=C(Nc1ccccc1)C1CCCN(C(=O)CCC2CCNCC2)C1. The van der Waals surface area contributed by atoms with Crippen LogP contribution in [0.15, 0.2) is 30.3 Å². The Bertz CT molecular complexity index is 570. The summed E-state index contributed by atoms with van der Waals surface area (Å²) in [6.07, 6.45) is 5.73. The van der Waals surface area contributed by atoms with Crippen LogP contribution in [-0.2, 0) is 9.59 Å². The summed E-state index contributed by atoms with van der Waals surface area (Å²) in [4.78, 5) is 26.9. The second-order valence-electron chi connectivity index (χ2n) is 7.27. The molecule has 2 amide bonds. The Labute approximate surface area is 150 Å². The minimum atomic E-state index is -0.100. The van der Waals surface area contributed by atoms with Crippen molar-refractivity contribution >= 4 is 17.5 Å². The zero-order valence-corrected chi connectivity index (χ0v) is 14.9. The Morgan fingerprint density at radius 2 is 1.88 bits per heavy atom. The molecule has 5 heteroatoms. The van der Waals surface area contributed by atoms with Crippen LogP contribution < -0.4 is 10.6 Å². The van der Waals surface area contributed by atoms with Gasteiger partial charge in [-0.1, -0.05) is 18.2 Å². The molecule has 0 aliphatic carbocycles. The monoisotopic (exact) mass is 343 g/mol. The third-order valence-electron chi connectivity index (χ3n) is 5.41. The summed E-state index contributed by atoms with van der Waals surface area (Å²) in [5.41, 5.74) is 0.821. The summed E-state index contributed by atoms with van der Waals surface area (Å²) in [7, 11) is 0. The number of hydrogen-bond acceptors (Lipinski definition) is 3. The molecule has 0 saturated carbocycles. The summed E-state index contributed by atoms with van der Waals surface area (Å²) in [5.74, 6) is 0.821. The van der Waals surface area contributed by atoms with Gasteiger partial charge in [0.1, 0.15) is 0 Å². The molecule has 0 aromatic heterocycles. The van der Waals surface area contributed by atoms with Crippen LogP contribution in [-0.4, -0.2) is 42.9 Å². The molecule has 1 aromatic carbocycles. The van der Waals surface area contributed by atoms with Gasteiger partial charge in [0, 0.05) is 25.2 Å². The smallest absolute Gasteiger partial charge is 0.229 e. The second kappa shape index (κ2) is 8.99. The standard InChI is InChI=1S/C20H29N3O2/c24-19(9-8-16-10-12-21-13-11-16)23-14-4-5-17(15-23)20(25)22-18-6-2-1-3-7-18/h1-3,6-7,16-17,21H,4-5,8-15H2,(H,22,25). The zero-order valence-electron chi connectivity index (χ0n) is 14.9. The minimum Gasteiger partial charge on any atom is -0.342 e. The molecule has 1 atom stereocenters. The van der Waals surface area contributed by atoms with Crippen LogP contribution in [0.5, 0.6) is 0 Å². The van der Waals surface area contributed by atoms with E-state index in [1.165, 1.54) is 12.8 Å². The fourth-order valence-corrected chi connectivity index (χ4v) is 3.84. The number of hydrogen-bond donors (Lipinski definition) is 2. The summed E-state index contributed by atoms with van der Waals surface area (Å²) in [6.45, 7) is 3.50. The number of nitrogens with one attached hydrogen (secondary N) is 2. The van der Waals surface area contributed by atoms with Crippen molar-refractivity contribution in [2.75, 3.05) is 31.5 Å². The minimum absolute atomic E-state index is 0.0297. The first-order valence-electron chi connectivity index (χ1n) is 9.57. The summed E-state index contributed by atoms with van der Waals surface area (Å²) in [5, 5.41) is 6.34. The molecule has 2 aliphatic rings. The molecule has 3 rings (SSSR count). The van der Waals surface area contributed by atoms with E-state index < -0.39 is 0 Å². The van der Waals surface area contributed by atoms with Crippen LogP contribution in [0.4, 0.5) is 5.69 Å².